The number of H-pyrrole nitrogens is 1. The van der Waals surface area contributed by atoms with Gasteiger partial charge in [0.15, 0.2) is 12.3 Å². The molecule has 0 bridgehead atoms. The van der Waals surface area contributed by atoms with E-state index in [-0.39, 0.29) is 18.2 Å². The minimum absolute atomic E-state index is 0.120. The molecule has 1 amide bonds. The highest BCUT2D eigenvalue weighted by Gasteiger charge is 2.14. The molecule has 1 heterocycles. The lowest BCUT2D eigenvalue weighted by Gasteiger charge is -2.02. The topological polar surface area (TPSA) is 87.0 Å². The van der Waals surface area contributed by atoms with E-state index in [9.17, 15) is 9.90 Å². The summed E-state index contributed by atoms with van der Waals surface area (Å²) in [6.07, 6.45) is 0. The number of fused-ring (bicyclic) bond motifs is 1. The second-order valence-corrected chi connectivity index (χ2v) is 6.70. The maximum Gasteiger partial charge on any atom is 0.302 e. The number of carbonyl (C=O) groups is 1. The molecule has 2 aromatic carbocycles. The minimum atomic E-state index is -0.616. The normalized spacial score (nSPS) is 11.3. The molecular weight excluding hydrogens is 433 g/mol. The molecule has 0 aliphatic heterocycles. The third-order valence-corrected chi connectivity index (χ3v) is 4.28. The molecule has 0 aliphatic rings. The highest BCUT2D eigenvalue weighted by atomic mass is 79.9. The summed E-state index contributed by atoms with van der Waals surface area (Å²) in [6, 6.07) is 9.93. The summed E-state index contributed by atoms with van der Waals surface area (Å²) in [7, 11) is 0. The average molecular weight is 443 g/mol. The van der Waals surface area contributed by atoms with Gasteiger partial charge in [-0.05, 0) is 46.3 Å². The van der Waals surface area contributed by atoms with Gasteiger partial charge in [0.1, 0.15) is 5.75 Å². The summed E-state index contributed by atoms with van der Waals surface area (Å²) in [5.41, 5.74) is 0.716. The first-order valence-electron chi connectivity index (χ1n) is 6.96. The number of benzene rings is 2. The number of rotatable bonds is 4. The summed E-state index contributed by atoms with van der Waals surface area (Å²) in [6.45, 7) is -0.308. The third-order valence-electron chi connectivity index (χ3n) is 3.20. The zero-order valence-corrected chi connectivity index (χ0v) is 15.6. The maximum atomic E-state index is 11.8. The fraction of sp³-hybridized carbons (Fsp3) is 0.0625. The summed E-state index contributed by atoms with van der Waals surface area (Å²) >= 11 is 15.2. The van der Waals surface area contributed by atoms with Crippen LogP contribution in [0.25, 0.3) is 10.9 Å². The summed E-state index contributed by atoms with van der Waals surface area (Å²) < 4.78 is 5.94. The van der Waals surface area contributed by atoms with Gasteiger partial charge in [-0.3, -0.25) is 4.79 Å². The fourth-order valence-corrected chi connectivity index (χ4v) is 3.22. The number of hydrogen-bond acceptors (Lipinski definition) is 4. The van der Waals surface area contributed by atoms with E-state index >= 15 is 0 Å². The lowest BCUT2D eigenvalue weighted by Crippen LogP contribution is -2.07. The molecule has 128 valence electrons. The number of aromatic hydroxyl groups is 1. The molecule has 2 N–H and O–H groups in total. The average Bonchev–Trinajstić information content (AvgIpc) is 2.87. The van der Waals surface area contributed by atoms with E-state index in [1.807, 2.05) is 0 Å². The zero-order valence-electron chi connectivity index (χ0n) is 12.5. The van der Waals surface area contributed by atoms with Crippen LogP contribution in [0, 0.1) is 0 Å². The first-order chi connectivity index (χ1) is 11.9. The molecule has 0 fully saturated rings. The Labute approximate surface area is 160 Å². The maximum absolute atomic E-state index is 11.8. The Balaban J connectivity index is 1.76. The van der Waals surface area contributed by atoms with Gasteiger partial charge in [0.05, 0.1) is 5.52 Å². The van der Waals surface area contributed by atoms with E-state index in [2.05, 4.69) is 31.1 Å². The highest BCUT2D eigenvalue weighted by molar-refractivity contribution is 9.10. The van der Waals surface area contributed by atoms with E-state index in [4.69, 9.17) is 27.9 Å². The Morgan fingerprint density at radius 1 is 1.24 bits per heavy atom. The van der Waals surface area contributed by atoms with Crippen LogP contribution in [0.2, 0.25) is 10.0 Å². The third kappa shape index (κ3) is 4.12. The first kappa shape index (κ1) is 17.7. The monoisotopic (exact) mass is 441 g/mol. The summed E-state index contributed by atoms with van der Waals surface area (Å²) in [5, 5.41) is 18.8. The standard InChI is InChI=1S/C16H10BrCl2N3O3/c17-12-6-9(19)5-11-14(12)20-16(24)15(11)22-21-13(23)7-25-10-3-1-2-8(18)4-10/h1-6,20,24H,7H2. The van der Waals surface area contributed by atoms with Crippen molar-refractivity contribution in [3.05, 3.63) is 50.9 Å². The van der Waals surface area contributed by atoms with Gasteiger partial charge in [0, 0.05) is 19.9 Å². The molecule has 0 atom stereocenters. The summed E-state index contributed by atoms with van der Waals surface area (Å²) in [5.74, 6) is -0.387. The molecule has 0 saturated heterocycles. The number of amides is 1. The molecule has 3 aromatic rings. The summed E-state index contributed by atoms with van der Waals surface area (Å²) in [4.78, 5) is 14.6. The van der Waals surface area contributed by atoms with Gasteiger partial charge in [-0.15, -0.1) is 10.2 Å². The van der Waals surface area contributed by atoms with Gasteiger partial charge in [0.25, 0.3) is 0 Å². The SMILES string of the molecule is O=C(COc1cccc(Cl)c1)N=Nc1c(O)[nH]c2c(Br)cc(Cl)cc12. The molecule has 0 unspecified atom stereocenters. The van der Waals surface area contributed by atoms with Crippen LogP contribution < -0.4 is 4.74 Å². The number of nitrogens with zero attached hydrogens (tertiary/aromatic N) is 2. The van der Waals surface area contributed by atoms with Crippen molar-refractivity contribution in [1.29, 1.82) is 0 Å². The molecule has 0 aliphatic carbocycles. The molecule has 25 heavy (non-hydrogen) atoms. The van der Waals surface area contributed by atoms with Crippen LogP contribution in [-0.2, 0) is 4.79 Å². The number of ether oxygens (including phenoxy) is 1. The van der Waals surface area contributed by atoms with E-state index in [0.29, 0.717) is 31.2 Å². The van der Waals surface area contributed by atoms with Gasteiger partial charge < -0.3 is 14.8 Å². The number of carbonyl (C=O) groups excluding carboxylic acids is 1. The van der Waals surface area contributed by atoms with Crippen LogP contribution in [0.3, 0.4) is 0 Å². The quantitative estimate of drug-likeness (QED) is 0.513. The van der Waals surface area contributed by atoms with Crippen LogP contribution in [0.5, 0.6) is 11.6 Å². The first-order valence-corrected chi connectivity index (χ1v) is 8.51. The smallest absolute Gasteiger partial charge is 0.302 e. The molecule has 9 heteroatoms. The van der Waals surface area contributed by atoms with Gasteiger partial charge in [0.2, 0.25) is 5.88 Å². The van der Waals surface area contributed by atoms with Gasteiger partial charge >= 0.3 is 5.91 Å². The van der Waals surface area contributed by atoms with Crippen molar-refractivity contribution in [2.75, 3.05) is 6.61 Å². The molecule has 0 spiro atoms. The molecule has 6 nitrogen and oxygen atoms in total. The Morgan fingerprint density at radius 2 is 2.04 bits per heavy atom. The van der Waals surface area contributed by atoms with Gasteiger partial charge in [-0.25, -0.2) is 0 Å². The highest BCUT2D eigenvalue weighted by Crippen LogP contribution is 2.40. The van der Waals surface area contributed by atoms with Crippen molar-refractivity contribution < 1.29 is 14.6 Å². The second kappa shape index (κ2) is 7.43. The van der Waals surface area contributed by atoms with E-state index in [0.717, 1.165) is 0 Å². The van der Waals surface area contributed by atoms with Crippen LogP contribution in [-0.4, -0.2) is 22.6 Å². The number of aromatic amines is 1. The number of nitrogens with one attached hydrogen (secondary N) is 1. The number of aromatic nitrogens is 1. The lowest BCUT2D eigenvalue weighted by molar-refractivity contribution is -0.120. The Kier molecular flexibility index (Phi) is 5.27. The van der Waals surface area contributed by atoms with Gasteiger partial charge in [-0.2, -0.15) is 0 Å². The van der Waals surface area contributed by atoms with Crippen LogP contribution in [0.15, 0.2) is 51.1 Å². The molecular formula is C16H10BrCl2N3O3. The lowest BCUT2D eigenvalue weighted by atomic mass is 10.2. The molecule has 0 radical (unpaired) electrons. The van der Waals surface area contributed by atoms with Crippen molar-refractivity contribution in [2.45, 2.75) is 0 Å². The van der Waals surface area contributed by atoms with Crippen molar-refractivity contribution in [3.8, 4) is 11.6 Å². The predicted octanol–water partition coefficient (Wildman–Crippen LogP) is 5.63. The number of halogens is 3. The predicted molar refractivity (Wildman–Crippen MR) is 99.1 cm³/mol. The van der Waals surface area contributed by atoms with Crippen molar-refractivity contribution in [3.63, 3.8) is 0 Å². The molecule has 1 aromatic heterocycles. The Bertz CT molecular complexity index is 988. The van der Waals surface area contributed by atoms with Crippen LogP contribution in [0.1, 0.15) is 0 Å². The second-order valence-electron chi connectivity index (χ2n) is 4.97. The number of azo groups is 1. The Hall–Kier alpha value is -2.09. The van der Waals surface area contributed by atoms with Crippen molar-refractivity contribution in [2.24, 2.45) is 10.2 Å². The fourth-order valence-electron chi connectivity index (χ4n) is 2.13. The molecule has 0 saturated carbocycles. The van der Waals surface area contributed by atoms with Gasteiger partial charge in [-0.1, -0.05) is 29.3 Å². The molecule has 3 rings (SSSR count). The largest absolute Gasteiger partial charge is 0.493 e. The zero-order chi connectivity index (χ0) is 18.0. The number of hydrogen-bond donors (Lipinski definition) is 2. The van der Waals surface area contributed by atoms with Crippen LogP contribution in [0.4, 0.5) is 5.69 Å². The minimum Gasteiger partial charge on any atom is -0.493 e. The van der Waals surface area contributed by atoms with E-state index in [1.165, 1.54) is 0 Å². The van der Waals surface area contributed by atoms with E-state index in [1.54, 1.807) is 36.4 Å². The van der Waals surface area contributed by atoms with Crippen molar-refractivity contribution in [1.82, 2.24) is 4.98 Å². The van der Waals surface area contributed by atoms with E-state index < -0.39 is 5.91 Å². The van der Waals surface area contributed by atoms with Crippen molar-refractivity contribution >= 4 is 61.6 Å². The van der Waals surface area contributed by atoms with Crippen LogP contribution >= 0.6 is 39.1 Å². The Morgan fingerprint density at radius 3 is 2.80 bits per heavy atom.